The third-order valence-electron chi connectivity index (χ3n) is 3.28. The van der Waals surface area contributed by atoms with E-state index in [1.54, 1.807) is 37.4 Å². The fourth-order valence-electron chi connectivity index (χ4n) is 2.16. The van der Waals surface area contributed by atoms with Crippen molar-refractivity contribution in [2.24, 2.45) is 0 Å². The van der Waals surface area contributed by atoms with Gasteiger partial charge in [0.05, 0.1) is 12.7 Å². The van der Waals surface area contributed by atoms with Crippen molar-refractivity contribution < 1.29 is 19.0 Å². The number of carbonyl (C=O) groups excluding carboxylic acids is 1. The van der Waals surface area contributed by atoms with E-state index in [9.17, 15) is 14.3 Å². The van der Waals surface area contributed by atoms with Crippen LogP contribution in [0.2, 0.25) is 0 Å². The number of carbonyl (C=O) groups is 1. The molecule has 0 unspecified atom stereocenters. The molecule has 116 valence electrons. The minimum Gasteiger partial charge on any atom is -0.386 e. The second kappa shape index (κ2) is 7.68. The van der Waals surface area contributed by atoms with Gasteiger partial charge in [-0.15, -0.1) is 0 Å². The number of rotatable bonds is 6. The maximum atomic E-state index is 13.6. The van der Waals surface area contributed by atoms with Gasteiger partial charge in [-0.05, 0) is 17.7 Å². The van der Waals surface area contributed by atoms with E-state index in [1.807, 2.05) is 6.07 Å². The summed E-state index contributed by atoms with van der Waals surface area (Å²) in [6, 6.07) is 13.0. The molecule has 1 amide bonds. The summed E-state index contributed by atoms with van der Waals surface area (Å²) in [5.74, 6) is -0.827. The minimum atomic E-state index is -1.10. The summed E-state index contributed by atoms with van der Waals surface area (Å²) in [7, 11) is 1.55. The summed E-state index contributed by atoms with van der Waals surface area (Å²) in [6.45, 7) is 0.251. The van der Waals surface area contributed by atoms with Crippen LogP contribution in [0.5, 0.6) is 0 Å². The Balaban J connectivity index is 2.03. The summed E-state index contributed by atoms with van der Waals surface area (Å²) < 4.78 is 18.6. The highest BCUT2D eigenvalue weighted by atomic mass is 19.1. The molecule has 0 radical (unpaired) electrons. The zero-order valence-electron chi connectivity index (χ0n) is 12.3. The van der Waals surface area contributed by atoms with Crippen LogP contribution in [0, 0.1) is 5.82 Å². The van der Waals surface area contributed by atoms with Gasteiger partial charge in [0.2, 0.25) is 0 Å². The van der Waals surface area contributed by atoms with Crippen LogP contribution in [0.3, 0.4) is 0 Å². The van der Waals surface area contributed by atoms with E-state index in [2.05, 4.69) is 5.32 Å². The van der Waals surface area contributed by atoms with Gasteiger partial charge in [-0.2, -0.15) is 0 Å². The van der Waals surface area contributed by atoms with Crippen LogP contribution in [-0.4, -0.2) is 24.7 Å². The fraction of sp³-hybridized carbons (Fsp3) is 0.235. The summed E-state index contributed by atoms with van der Waals surface area (Å²) in [5, 5.41) is 12.6. The van der Waals surface area contributed by atoms with Crippen LogP contribution >= 0.6 is 0 Å². The molecule has 2 aromatic rings. The predicted molar refractivity (Wildman–Crippen MR) is 80.8 cm³/mol. The van der Waals surface area contributed by atoms with Crippen LogP contribution in [0.1, 0.15) is 27.6 Å². The molecular formula is C17H18FNO3. The Morgan fingerprint density at radius 3 is 2.64 bits per heavy atom. The van der Waals surface area contributed by atoms with Crippen molar-refractivity contribution >= 4 is 5.91 Å². The van der Waals surface area contributed by atoms with Crippen molar-refractivity contribution in [3.8, 4) is 0 Å². The summed E-state index contributed by atoms with van der Waals surface area (Å²) in [4.78, 5) is 12.2. The van der Waals surface area contributed by atoms with E-state index in [1.165, 1.54) is 12.1 Å². The molecule has 22 heavy (non-hydrogen) atoms. The zero-order chi connectivity index (χ0) is 15.9. The van der Waals surface area contributed by atoms with Gasteiger partial charge in [0, 0.05) is 24.8 Å². The molecular weight excluding hydrogens is 285 g/mol. The molecule has 0 saturated carbocycles. The van der Waals surface area contributed by atoms with Gasteiger partial charge in [0.15, 0.2) is 0 Å². The molecule has 0 aromatic heterocycles. The molecule has 2 rings (SSSR count). The number of hydrogen-bond donors (Lipinski definition) is 2. The van der Waals surface area contributed by atoms with Crippen molar-refractivity contribution in [2.45, 2.75) is 12.7 Å². The molecule has 0 heterocycles. The molecule has 0 bridgehead atoms. The smallest absolute Gasteiger partial charge is 0.251 e. The average molecular weight is 303 g/mol. The molecule has 0 aliphatic carbocycles. The molecule has 0 spiro atoms. The highest BCUT2D eigenvalue weighted by molar-refractivity contribution is 5.95. The molecule has 0 fully saturated rings. The third kappa shape index (κ3) is 3.90. The van der Waals surface area contributed by atoms with Gasteiger partial charge in [-0.3, -0.25) is 4.79 Å². The molecule has 0 aliphatic heterocycles. The lowest BCUT2D eigenvalue weighted by Crippen LogP contribution is -2.29. The van der Waals surface area contributed by atoms with Crippen LogP contribution < -0.4 is 5.32 Å². The molecule has 0 saturated heterocycles. The van der Waals surface area contributed by atoms with Crippen LogP contribution in [0.15, 0.2) is 48.5 Å². The maximum Gasteiger partial charge on any atom is 0.251 e. The first-order valence-electron chi connectivity index (χ1n) is 6.91. The first-order valence-corrected chi connectivity index (χ1v) is 6.91. The standard InChI is InChI=1S/C17H18FNO3/c1-22-11-12-6-2-3-7-13(12)17(21)19-10-16(20)14-8-4-5-9-15(14)18/h2-9,16,20H,10-11H2,1H3,(H,19,21)/t16-/m0/s1. The lowest BCUT2D eigenvalue weighted by atomic mass is 10.1. The topological polar surface area (TPSA) is 58.6 Å². The second-order valence-electron chi connectivity index (χ2n) is 4.84. The highest BCUT2D eigenvalue weighted by Crippen LogP contribution is 2.16. The van der Waals surface area contributed by atoms with Gasteiger partial charge >= 0.3 is 0 Å². The largest absolute Gasteiger partial charge is 0.386 e. The zero-order valence-corrected chi connectivity index (χ0v) is 12.3. The molecule has 4 nitrogen and oxygen atoms in total. The van der Waals surface area contributed by atoms with E-state index in [-0.39, 0.29) is 18.0 Å². The number of methoxy groups -OCH3 is 1. The first-order chi connectivity index (χ1) is 10.6. The van der Waals surface area contributed by atoms with Crippen molar-refractivity contribution in [3.63, 3.8) is 0 Å². The number of aliphatic hydroxyl groups is 1. The van der Waals surface area contributed by atoms with E-state index in [0.717, 1.165) is 5.56 Å². The SMILES string of the molecule is COCc1ccccc1C(=O)NC[C@H](O)c1ccccc1F. The van der Waals surface area contributed by atoms with Crippen LogP contribution in [0.25, 0.3) is 0 Å². The summed E-state index contributed by atoms with van der Waals surface area (Å²) >= 11 is 0. The summed E-state index contributed by atoms with van der Waals surface area (Å²) in [5.41, 5.74) is 1.39. The van der Waals surface area contributed by atoms with Crippen molar-refractivity contribution in [1.82, 2.24) is 5.32 Å². The highest BCUT2D eigenvalue weighted by Gasteiger charge is 2.15. The average Bonchev–Trinajstić information content (AvgIpc) is 2.53. The number of aliphatic hydroxyl groups excluding tert-OH is 1. The molecule has 2 N–H and O–H groups in total. The van der Waals surface area contributed by atoms with Crippen LogP contribution in [-0.2, 0) is 11.3 Å². The van der Waals surface area contributed by atoms with E-state index >= 15 is 0 Å². The molecule has 0 aliphatic rings. The Kier molecular flexibility index (Phi) is 5.63. The van der Waals surface area contributed by atoms with Crippen molar-refractivity contribution in [2.75, 3.05) is 13.7 Å². The molecule has 2 aromatic carbocycles. The van der Waals surface area contributed by atoms with Crippen molar-refractivity contribution in [1.29, 1.82) is 0 Å². The van der Waals surface area contributed by atoms with Gasteiger partial charge < -0.3 is 15.2 Å². The molecule has 1 atom stereocenters. The predicted octanol–water partition coefficient (Wildman–Crippen LogP) is 2.44. The van der Waals surface area contributed by atoms with Gasteiger partial charge in [0.1, 0.15) is 5.82 Å². The lowest BCUT2D eigenvalue weighted by molar-refractivity contribution is 0.0909. The van der Waals surface area contributed by atoms with E-state index < -0.39 is 11.9 Å². The van der Waals surface area contributed by atoms with Crippen LogP contribution in [0.4, 0.5) is 4.39 Å². The fourth-order valence-corrected chi connectivity index (χ4v) is 2.16. The number of amides is 1. The maximum absolute atomic E-state index is 13.6. The van der Waals surface area contributed by atoms with Gasteiger partial charge in [-0.1, -0.05) is 36.4 Å². The Bertz CT molecular complexity index is 645. The number of ether oxygens (including phenoxy) is 1. The summed E-state index contributed by atoms with van der Waals surface area (Å²) in [6.07, 6.45) is -1.10. The Morgan fingerprint density at radius 2 is 1.91 bits per heavy atom. The lowest BCUT2D eigenvalue weighted by Gasteiger charge is -2.14. The van der Waals surface area contributed by atoms with Crippen molar-refractivity contribution in [3.05, 3.63) is 71.0 Å². The Morgan fingerprint density at radius 1 is 1.23 bits per heavy atom. The number of nitrogens with one attached hydrogen (secondary N) is 1. The first kappa shape index (κ1) is 16.1. The number of benzene rings is 2. The molecule has 5 heteroatoms. The minimum absolute atomic E-state index is 0.0684. The normalized spacial score (nSPS) is 12.0. The second-order valence-corrected chi connectivity index (χ2v) is 4.84. The number of halogens is 1. The monoisotopic (exact) mass is 303 g/mol. The quantitative estimate of drug-likeness (QED) is 0.861. The van der Waals surface area contributed by atoms with E-state index in [0.29, 0.717) is 12.2 Å². The van der Waals surface area contributed by atoms with E-state index in [4.69, 9.17) is 4.74 Å². The third-order valence-corrected chi connectivity index (χ3v) is 3.28. The Labute approximate surface area is 128 Å². The Hall–Kier alpha value is -2.24. The van der Waals surface area contributed by atoms with Gasteiger partial charge in [-0.25, -0.2) is 4.39 Å². The number of hydrogen-bond acceptors (Lipinski definition) is 3. The van der Waals surface area contributed by atoms with Gasteiger partial charge in [0.25, 0.3) is 5.91 Å².